The van der Waals surface area contributed by atoms with Crippen LogP contribution in [0.3, 0.4) is 0 Å². The molecule has 6 heteroatoms. The lowest BCUT2D eigenvalue weighted by atomic mass is 10.1. The number of halogens is 4. The average molecular weight is 425 g/mol. The van der Waals surface area contributed by atoms with Crippen LogP contribution in [0.4, 0.5) is 10.1 Å². The Labute approximate surface area is 172 Å². The Morgan fingerprint density at radius 2 is 1.56 bits per heavy atom. The first-order valence-corrected chi connectivity index (χ1v) is 9.41. The molecule has 140 valence electrons. The first kappa shape index (κ1) is 19.8. The zero-order chi connectivity index (χ0) is 19.4. The van der Waals surface area contributed by atoms with Gasteiger partial charge in [-0.1, -0.05) is 53.0 Å². The van der Waals surface area contributed by atoms with Gasteiger partial charge in [-0.3, -0.25) is 0 Å². The summed E-state index contributed by atoms with van der Waals surface area (Å²) in [5.41, 5.74) is 3.78. The Balaban J connectivity index is 1.68. The van der Waals surface area contributed by atoms with Gasteiger partial charge >= 0.3 is 0 Å². The van der Waals surface area contributed by atoms with Crippen molar-refractivity contribution >= 4 is 40.5 Å². The standard InChI is InChI=1S/C21H17Cl3FNO/c1-13-2-5-16(22)10-20(13)26-11-15-8-18(23)21(19(24)9-15)27-12-14-3-6-17(25)7-4-14/h2-10,26H,11-12H2,1H3. The Hall–Kier alpha value is -1.94. The molecule has 0 aliphatic rings. The van der Waals surface area contributed by atoms with Crippen LogP contribution in [0.5, 0.6) is 5.75 Å². The van der Waals surface area contributed by atoms with Crippen molar-refractivity contribution in [3.05, 3.63) is 92.2 Å². The molecule has 0 heterocycles. The SMILES string of the molecule is Cc1ccc(Cl)cc1NCc1cc(Cl)c(OCc2ccc(F)cc2)c(Cl)c1. The van der Waals surface area contributed by atoms with Crippen molar-refractivity contribution in [1.29, 1.82) is 0 Å². The van der Waals surface area contributed by atoms with Gasteiger partial charge in [-0.25, -0.2) is 4.39 Å². The van der Waals surface area contributed by atoms with Crippen molar-refractivity contribution in [1.82, 2.24) is 0 Å². The van der Waals surface area contributed by atoms with E-state index in [1.54, 1.807) is 24.3 Å². The fraction of sp³-hybridized carbons (Fsp3) is 0.143. The molecule has 0 aromatic heterocycles. The summed E-state index contributed by atoms with van der Waals surface area (Å²) < 4.78 is 18.7. The lowest BCUT2D eigenvalue weighted by Crippen LogP contribution is -2.02. The van der Waals surface area contributed by atoms with Gasteiger partial charge in [-0.2, -0.15) is 0 Å². The van der Waals surface area contributed by atoms with E-state index in [4.69, 9.17) is 39.5 Å². The normalized spacial score (nSPS) is 10.7. The highest BCUT2D eigenvalue weighted by Gasteiger charge is 2.11. The Morgan fingerprint density at radius 1 is 0.889 bits per heavy atom. The molecule has 3 aromatic rings. The third-order valence-corrected chi connectivity index (χ3v) is 4.83. The van der Waals surface area contributed by atoms with Gasteiger partial charge < -0.3 is 10.1 Å². The molecule has 3 rings (SSSR count). The Bertz CT molecular complexity index is 922. The molecular formula is C21H17Cl3FNO. The van der Waals surface area contributed by atoms with Gasteiger partial charge in [0.05, 0.1) is 10.0 Å². The van der Waals surface area contributed by atoms with Crippen molar-refractivity contribution in [3.8, 4) is 5.75 Å². The Kier molecular flexibility index (Phi) is 6.48. The minimum atomic E-state index is -0.290. The molecule has 0 saturated carbocycles. The van der Waals surface area contributed by atoms with E-state index in [1.807, 2.05) is 25.1 Å². The number of anilines is 1. The largest absolute Gasteiger partial charge is 0.486 e. The number of rotatable bonds is 6. The maximum Gasteiger partial charge on any atom is 0.156 e. The lowest BCUT2D eigenvalue weighted by molar-refractivity contribution is 0.306. The van der Waals surface area contributed by atoms with Crippen LogP contribution in [0.15, 0.2) is 54.6 Å². The number of nitrogens with one attached hydrogen (secondary N) is 1. The van der Waals surface area contributed by atoms with E-state index >= 15 is 0 Å². The maximum absolute atomic E-state index is 13.0. The molecule has 0 atom stereocenters. The fourth-order valence-electron chi connectivity index (χ4n) is 2.57. The van der Waals surface area contributed by atoms with Gasteiger partial charge in [0.2, 0.25) is 0 Å². The summed E-state index contributed by atoms with van der Waals surface area (Å²) in [4.78, 5) is 0. The van der Waals surface area contributed by atoms with E-state index in [-0.39, 0.29) is 12.4 Å². The third-order valence-electron chi connectivity index (χ3n) is 4.04. The molecular weight excluding hydrogens is 408 g/mol. The second-order valence-corrected chi connectivity index (χ2v) is 7.37. The van der Waals surface area contributed by atoms with Crippen molar-refractivity contribution < 1.29 is 9.13 Å². The second kappa shape index (κ2) is 8.83. The van der Waals surface area contributed by atoms with E-state index in [0.29, 0.717) is 27.4 Å². The van der Waals surface area contributed by atoms with Crippen molar-refractivity contribution in [3.63, 3.8) is 0 Å². The van der Waals surface area contributed by atoms with Crippen LogP contribution in [0, 0.1) is 12.7 Å². The second-order valence-electron chi connectivity index (χ2n) is 6.12. The highest BCUT2D eigenvalue weighted by atomic mass is 35.5. The van der Waals surface area contributed by atoms with Gasteiger partial charge in [0.25, 0.3) is 0 Å². The van der Waals surface area contributed by atoms with Gasteiger partial charge in [0, 0.05) is 17.3 Å². The number of benzene rings is 3. The molecule has 0 unspecified atom stereocenters. The molecule has 0 amide bonds. The zero-order valence-electron chi connectivity index (χ0n) is 14.5. The van der Waals surface area contributed by atoms with Crippen LogP contribution >= 0.6 is 34.8 Å². The van der Waals surface area contributed by atoms with Crippen LogP contribution in [0.1, 0.15) is 16.7 Å². The van der Waals surface area contributed by atoms with E-state index in [0.717, 1.165) is 22.4 Å². The first-order chi connectivity index (χ1) is 12.9. The molecule has 0 radical (unpaired) electrons. The number of hydrogen-bond acceptors (Lipinski definition) is 2. The minimum absolute atomic E-state index is 0.249. The predicted molar refractivity (Wildman–Crippen MR) is 111 cm³/mol. The van der Waals surface area contributed by atoms with Gasteiger partial charge in [0.1, 0.15) is 12.4 Å². The van der Waals surface area contributed by atoms with Crippen LogP contribution in [-0.2, 0) is 13.2 Å². The molecule has 0 aliphatic carbocycles. The predicted octanol–water partition coefficient (Wildman–Crippen LogP) is 7.29. The molecule has 0 bridgehead atoms. The first-order valence-electron chi connectivity index (χ1n) is 8.27. The number of hydrogen-bond donors (Lipinski definition) is 1. The topological polar surface area (TPSA) is 21.3 Å². The van der Waals surface area contributed by atoms with Crippen LogP contribution in [0.2, 0.25) is 15.1 Å². The number of aryl methyl sites for hydroxylation is 1. The van der Waals surface area contributed by atoms with Crippen molar-refractivity contribution in [2.24, 2.45) is 0 Å². The summed E-state index contributed by atoms with van der Waals surface area (Å²) in [6.07, 6.45) is 0. The Morgan fingerprint density at radius 3 is 2.22 bits per heavy atom. The molecule has 0 aliphatic heterocycles. The molecule has 3 aromatic carbocycles. The monoisotopic (exact) mass is 423 g/mol. The van der Waals surface area contributed by atoms with Gasteiger partial charge in [0.15, 0.2) is 5.75 Å². The minimum Gasteiger partial charge on any atom is -0.486 e. The van der Waals surface area contributed by atoms with E-state index in [9.17, 15) is 4.39 Å². The van der Waals surface area contributed by atoms with Crippen molar-refractivity contribution in [2.45, 2.75) is 20.1 Å². The van der Waals surface area contributed by atoms with E-state index in [1.165, 1.54) is 12.1 Å². The summed E-state index contributed by atoms with van der Waals surface area (Å²) in [6.45, 7) is 2.79. The zero-order valence-corrected chi connectivity index (χ0v) is 16.8. The van der Waals surface area contributed by atoms with Gasteiger partial charge in [-0.05, 0) is 60.0 Å². The molecule has 1 N–H and O–H groups in total. The van der Waals surface area contributed by atoms with Gasteiger partial charge in [-0.15, -0.1) is 0 Å². The average Bonchev–Trinajstić information content (AvgIpc) is 2.63. The highest BCUT2D eigenvalue weighted by molar-refractivity contribution is 6.37. The fourth-order valence-corrected chi connectivity index (χ4v) is 3.38. The molecule has 0 saturated heterocycles. The highest BCUT2D eigenvalue weighted by Crippen LogP contribution is 2.35. The summed E-state index contributed by atoms with van der Waals surface area (Å²) in [5.74, 6) is 0.118. The molecule has 0 spiro atoms. The van der Waals surface area contributed by atoms with Crippen LogP contribution in [0.25, 0.3) is 0 Å². The molecule has 27 heavy (non-hydrogen) atoms. The number of ether oxygens (including phenoxy) is 1. The summed E-state index contributed by atoms with van der Waals surface area (Å²) >= 11 is 18.7. The van der Waals surface area contributed by atoms with Crippen LogP contribution < -0.4 is 10.1 Å². The lowest BCUT2D eigenvalue weighted by Gasteiger charge is -2.14. The maximum atomic E-state index is 13.0. The van der Waals surface area contributed by atoms with E-state index < -0.39 is 0 Å². The third kappa shape index (κ3) is 5.29. The summed E-state index contributed by atoms with van der Waals surface area (Å²) in [5, 5.41) is 4.84. The summed E-state index contributed by atoms with van der Waals surface area (Å²) in [6, 6.07) is 15.4. The summed E-state index contributed by atoms with van der Waals surface area (Å²) in [7, 11) is 0. The van der Waals surface area contributed by atoms with Crippen molar-refractivity contribution in [2.75, 3.05) is 5.32 Å². The smallest absolute Gasteiger partial charge is 0.156 e. The molecule has 0 fully saturated rings. The van der Waals surface area contributed by atoms with Crippen LogP contribution in [-0.4, -0.2) is 0 Å². The van der Waals surface area contributed by atoms with E-state index in [2.05, 4.69) is 5.32 Å². The molecule has 2 nitrogen and oxygen atoms in total. The quantitative estimate of drug-likeness (QED) is 0.449.